The van der Waals surface area contributed by atoms with Crippen molar-refractivity contribution in [2.45, 2.75) is 6.92 Å². The SMILES string of the molecule is COc1ccc2c(c1C)Nc1c(Cl)nc[n+]3ccn-2c13. The first kappa shape index (κ1) is 11.5. The van der Waals surface area contributed by atoms with E-state index in [0.29, 0.717) is 5.15 Å². The monoisotopic (exact) mass is 287 g/mol. The van der Waals surface area contributed by atoms with Gasteiger partial charge in [-0.25, -0.2) is 8.97 Å². The highest BCUT2D eigenvalue weighted by molar-refractivity contribution is 6.33. The van der Waals surface area contributed by atoms with Gasteiger partial charge in [-0.05, 0) is 30.7 Å². The van der Waals surface area contributed by atoms with E-state index in [2.05, 4.69) is 14.9 Å². The van der Waals surface area contributed by atoms with Crippen molar-refractivity contribution < 1.29 is 9.14 Å². The molecule has 4 rings (SSSR count). The minimum Gasteiger partial charge on any atom is -0.496 e. The third-order valence-corrected chi connectivity index (χ3v) is 3.98. The third kappa shape index (κ3) is 1.33. The second kappa shape index (κ2) is 3.86. The van der Waals surface area contributed by atoms with Gasteiger partial charge in [0.2, 0.25) is 11.5 Å². The second-order valence-corrected chi connectivity index (χ2v) is 5.08. The number of benzene rings is 1. The van der Waals surface area contributed by atoms with Crippen molar-refractivity contribution in [3.63, 3.8) is 0 Å². The van der Waals surface area contributed by atoms with Crippen LogP contribution >= 0.6 is 11.6 Å². The Morgan fingerprint density at radius 3 is 3.00 bits per heavy atom. The van der Waals surface area contributed by atoms with Gasteiger partial charge in [0.15, 0.2) is 5.69 Å². The van der Waals surface area contributed by atoms with Crippen LogP contribution in [0.5, 0.6) is 5.75 Å². The quantitative estimate of drug-likeness (QED) is 0.432. The molecule has 0 spiro atoms. The summed E-state index contributed by atoms with van der Waals surface area (Å²) in [6.45, 7) is 2.02. The summed E-state index contributed by atoms with van der Waals surface area (Å²) in [5.41, 5.74) is 4.89. The van der Waals surface area contributed by atoms with Gasteiger partial charge in [0.05, 0.1) is 12.8 Å². The van der Waals surface area contributed by atoms with E-state index >= 15 is 0 Å². The van der Waals surface area contributed by atoms with Gasteiger partial charge in [-0.2, -0.15) is 0 Å². The highest BCUT2D eigenvalue weighted by Crippen LogP contribution is 2.40. The summed E-state index contributed by atoms with van der Waals surface area (Å²) in [7, 11) is 1.67. The molecule has 6 heteroatoms. The van der Waals surface area contributed by atoms with E-state index in [9.17, 15) is 0 Å². The van der Waals surface area contributed by atoms with Crippen LogP contribution in [0.2, 0.25) is 5.15 Å². The highest BCUT2D eigenvalue weighted by Gasteiger charge is 2.28. The number of anilines is 2. The minimum atomic E-state index is 0.456. The van der Waals surface area contributed by atoms with Crippen molar-refractivity contribution in [2.75, 3.05) is 12.4 Å². The Balaban J connectivity index is 2.11. The molecule has 1 aliphatic heterocycles. The number of methoxy groups -OCH3 is 1. The van der Waals surface area contributed by atoms with Crippen LogP contribution in [0.1, 0.15) is 5.56 Å². The van der Waals surface area contributed by atoms with E-state index in [0.717, 1.165) is 34.0 Å². The van der Waals surface area contributed by atoms with Gasteiger partial charge in [0, 0.05) is 5.56 Å². The number of hydrogen-bond acceptors (Lipinski definition) is 3. The van der Waals surface area contributed by atoms with Crippen LogP contribution in [0.15, 0.2) is 30.9 Å². The van der Waals surface area contributed by atoms with Crippen molar-refractivity contribution in [1.82, 2.24) is 9.55 Å². The predicted octanol–water partition coefficient (Wildman–Crippen LogP) is 2.64. The number of ether oxygens (including phenoxy) is 1. The van der Waals surface area contributed by atoms with Crippen LogP contribution in [-0.2, 0) is 0 Å². The largest absolute Gasteiger partial charge is 0.496 e. The summed E-state index contributed by atoms with van der Waals surface area (Å²) < 4.78 is 9.42. The molecule has 0 saturated heterocycles. The van der Waals surface area contributed by atoms with E-state index in [4.69, 9.17) is 16.3 Å². The molecular weight excluding hydrogens is 276 g/mol. The van der Waals surface area contributed by atoms with Crippen LogP contribution < -0.4 is 14.5 Å². The van der Waals surface area contributed by atoms with Crippen LogP contribution in [-0.4, -0.2) is 16.7 Å². The molecule has 0 aliphatic carbocycles. The van der Waals surface area contributed by atoms with E-state index in [1.165, 1.54) is 0 Å². The number of halogens is 1. The van der Waals surface area contributed by atoms with Crippen LogP contribution in [0.4, 0.5) is 11.4 Å². The van der Waals surface area contributed by atoms with E-state index in [1.54, 1.807) is 13.4 Å². The molecule has 0 unspecified atom stereocenters. The van der Waals surface area contributed by atoms with Gasteiger partial charge in [-0.15, -0.1) is 0 Å². The Morgan fingerprint density at radius 2 is 2.20 bits per heavy atom. The van der Waals surface area contributed by atoms with Crippen LogP contribution in [0, 0.1) is 6.92 Å². The smallest absolute Gasteiger partial charge is 0.266 e. The van der Waals surface area contributed by atoms with Gasteiger partial charge < -0.3 is 10.1 Å². The first-order valence-electron chi connectivity index (χ1n) is 6.22. The summed E-state index contributed by atoms with van der Waals surface area (Å²) in [6, 6.07) is 4.01. The lowest BCUT2D eigenvalue weighted by Crippen LogP contribution is -2.24. The normalized spacial score (nSPS) is 12.2. The Hall–Kier alpha value is -2.27. The fraction of sp³-hybridized carbons (Fsp3) is 0.143. The fourth-order valence-corrected chi connectivity index (χ4v) is 2.88. The highest BCUT2D eigenvalue weighted by atomic mass is 35.5. The Morgan fingerprint density at radius 1 is 1.35 bits per heavy atom. The topological polar surface area (TPSA) is 43.2 Å². The molecule has 0 amide bonds. The molecule has 1 N–H and O–H groups in total. The summed E-state index contributed by atoms with van der Waals surface area (Å²) in [5.74, 6) is 0.843. The van der Waals surface area contributed by atoms with E-state index in [-0.39, 0.29) is 0 Å². The Kier molecular flexibility index (Phi) is 2.23. The standard InChI is InChI=1S/C14H12ClN4O/c1-8-10(20-2)4-3-9-11(8)17-12-13(15)16-7-18-5-6-19(9)14(12)18/h3-7,17H,1-2H3/q+1. The van der Waals surface area contributed by atoms with Gasteiger partial charge >= 0.3 is 0 Å². The molecule has 3 aromatic rings. The number of imidazole rings is 1. The van der Waals surface area contributed by atoms with Crippen LogP contribution in [0.3, 0.4) is 0 Å². The molecule has 0 bridgehead atoms. The zero-order valence-corrected chi connectivity index (χ0v) is 11.8. The average Bonchev–Trinajstić information content (AvgIpc) is 2.89. The maximum atomic E-state index is 6.23. The summed E-state index contributed by atoms with van der Waals surface area (Å²) in [6.07, 6.45) is 5.67. The Bertz CT molecular complexity index is 856. The van der Waals surface area contributed by atoms with Gasteiger partial charge in [0.25, 0.3) is 5.65 Å². The van der Waals surface area contributed by atoms with Crippen molar-refractivity contribution in [3.8, 4) is 11.4 Å². The lowest BCUT2D eigenvalue weighted by Gasteiger charge is -2.20. The number of aromatic nitrogens is 3. The zero-order valence-electron chi connectivity index (χ0n) is 11.0. The molecule has 0 saturated carbocycles. The lowest BCUT2D eigenvalue weighted by atomic mass is 10.1. The van der Waals surface area contributed by atoms with E-state index < -0.39 is 0 Å². The first-order chi connectivity index (χ1) is 9.70. The fourth-order valence-electron chi connectivity index (χ4n) is 2.70. The van der Waals surface area contributed by atoms with Gasteiger partial charge in [-0.3, -0.25) is 0 Å². The summed E-state index contributed by atoms with van der Waals surface area (Å²) >= 11 is 6.23. The molecule has 0 radical (unpaired) electrons. The number of nitrogens with one attached hydrogen (secondary N) is 1. The molecule has 5 nitrogen and oxygen atoms in total. The zero-order chi connectivity index (χ0) is 13.9. The predicted molar refractivity (Wildman–Crippen MR) is 76.3 cm³/mol. The number of hydrogen-bond donors (Lipinski definition) is 1. The maximum absolute atomic E-state index is 6.23. The molecular formula is C14H12ClN4O+. The minimum absolute atomic E-state index is 0.456. The number of rotatable bonds is 1. The average molecular weight is 288 g/mol. The second-order valence-electron chi connectivity index (χ2n) is 4.72. The van der Waals surface area contributed by atoms with Gasteiger partial charge in [0.1, 0.15) is 23.8 Å². The molecule has 100 valence electrons. The Labute approximate surface area is 120 Å². The third-order valence-electron chi connectivity index (χ3n) is 3.70. The molecule has 0 fully saturated rings. The maximum Gasteiger partial charge on any atom is 0.266 e. The van der Waals surface area contributed by atoms with Crippen LogP contribution in [0.25, 0.3) is 11.3 Å². The molecule has 3 heterocycles. The molecule has 1 aliphatic rings. The lowest BCUT2D eigenvalue weighted by molar-refractivity contribution is -0.513. The molecule has 1 aromatic carbocycles. The van der Waals surface area contributed by atoms with Crippen molar-refractivity contribution in [2.24, 2.45) is 0 Å². The molecule has 20 heavy (non-hydrogen) atoms. The van der Waals surface area contributed by atoms with Gasteiger partial charge in [-0.1, -0.05) is 4.98 Å². The van der Waals surface area contributed by atoms with Crippen molar-refractivity contribution in [3.05, 3.63) is 41.6 Å². The molecule has 0 atom stereocenters. The summed E-state index contributed by atoms with van der Waals surface area (Å²) in [5, 5.41) is 3.84. The number of fused-ring (bicyclic) bond motifs is 2. The summed E-state index contributed by atoms with van der Waals surface area (Å²) in [4.78, 5) is 4.19. The van der Waals surface area contributed by atoms with Crippen molar-refractivity contribution in [1.29, 1.82) is 0 Å². The van der Waals surface area contributed by atoms with Crippen molar-refractivity contribution >= 4 is 28.6 Å². The van der Waals surface area contributed by atoms with E-state index in [1.807, 2.05) is 35.9 Å². The first-order valence-corrected chi connectivity index (χ1v) is 6.60. The molecule has 2 aromatic heterocycles. The number of nitrogens with zero attached hydrogens (tertiary/aromatic N) is 3.